The van der Waals surface area contributed by atoms with E-state index in [4.69, 9.17) is 14.7 Å². The second kappa shape index (κ2) is 11.7. The van der Waals surface area contributed by atoms with Crippen LogP contribution in [0.2, 0.25) is 0 Å². The molecule has 8 aromatic carbocycles. The predicted molar refractivity (Wildman–Crippen MR) is 233 cm³/mol. The van der Waals surface area contributed by atoms with Crippen LogP contribution < -0.4 is 4.74 Å². The minimum absolute atomic E-state index is 0.701. The standard InChI is InChI=1S/C50H31N7O/c1-5-20-41-37(16-1)38-17-2-6-21-42(38)53(41)33-28-34(55-46-25-10-12-27-48(46)57-44-23-8-4-19-40(44)52-50(55)57)31-36(30-33)58-35-15-13-14-32(29-35)54-45-24-9-11-26-47(45)56-43-22-7-3-18-39(43)51-49(54)56/h1-31H. The van der Waals surface area contributed by atoms with Crippen LogP contribution in [0.15, 0.2) is 188 Å². The van der Waals surface area contributed by atoms with Crippen LogP contribution in [-0.2, 0) is 0 Å². The predicted octanol–water partition coefficient (Wildman–Crippen LogP) is 12.1. The summed E-state index contributed by atoms with van der Waals surface area (Å²) in [5.74, 6) is 3.10. The van der Waals surface area contributed by atoms with Crippen molar-refractivity contribution in [1.82, 2.24) is 32.5 Å². The Balaban J connectivity index is 1.04. The van der Waals surface area contributed by atoms with Crippen molar-refractivity contribution in [3.05, 3.63) is 188 Å². The molecule has 0 amide bonds. The number of hydrogen-bond acceptors (Lipinski definition) is 3. The zero-order valence-electron chi connectivity index (χ0n) is 30.9. The molecular formula is C50H31N7O. The normalized spacial score (nSPS) is 12.1. The Hall–Kier alpha value is -8.10. The second-order valence-corrected chi connectivity index (χ2v) is 14.8. The fraction of sp³-hybridized carbons (Fsp3) is 0. The molecular weight excluding hydrogens is 715 g/mol. The number of hydrogen-bond donors (Lipinski definition) is 0. The molecule has 8 nitrogen and oxygen atoms in total. The molecule has 0 aliphatic carbocycles. The largest absolute Gasteiger partial charge is 0.457 e. The molecule has 0 fully saturated rings. The van der Waals surface area contributed by atoms with Gasteiger partial charge in [0.2, 0.25) is 11.6 Å². The van der Waals surface area contributed by atoms with Gasteiger partial charge < -0.3 is 9.30 Å². The number of para-hydroxylation sites is 10. The Kier molecular flexibility index (Phi) is 6.29. The van der Waals surface area contributed by atoms with Crippen LogP contribution in [0.25, 0.3) is 94.6 Å². The third-order valence-corrected chi connectivity index (χ3v) is 11.5. The number of rotatable bonds is 5. The van der Waals surface area contributed by atoms with Crippen LogP contribution in [-0.4, -0.2) is 32.5 Å². The fourth-order valence-corrected chi connectivity index (χ4v) is 9.12. The zero-order valence-corrected chi connectivity index (χ0v) is 30.9. The van der Waals surface area contributed by atoms with Crippen molar-refractivity contribution in [3.63, 3.8) is 0 Å². The van der Waals surface area contributed by atoms with E-state index in [9.17, 15) is 0 Å². The lowest BCUT2D eigenvalue weighted by Crippen LogP contribution is -2.01. The van der Waals surface area contributed by atoms with Crippen LogP contribution in [0, 0.1) is 0 Å². The average molecular weight is 746 g/mol. The lowest BCUT2D eigenvalue weighted by molar-refractivity contribution is 0.482. The number of imidazole rings is 4. The first-order valence-electron chi connectivity index (χ1n) is 19.4. The van der Waals surface area contributed by atoms with Gasteiger partial charge in [0.15, 0.2) is 0 Å². The first kappa shape index (κ1) is 31.1. The van der Waals surface area contributed by atoms with E-state index in [1.807, 2.05) is 18.2 Å². The van der Waals surface area contributed by atoms with Gasteiger partial charge in [0, 0.05) is 29.0 Å². The minimum atomic E-state index is 0.701. The number of nitrogens with zero attached hydrogens (tertiary/aromatic N) is 7. The van der Waals surface area contributed by atoms with Crippen LogP contribution >= 0.6 is 0 Å². The van der Waals surface area contributed by atoms with Crippen LogP contribution in [0.1, 0.15) is 0 Å². The minimum Gasteiger partial charge on any atom is -0.457 e. The maximum atomic E-state index is 6.99. The quantitative estimate of drug-likeness (QED) is 0.176. The van der Waals surface area contributed by atoms with Crippen LogP contribution in [0.3, 0.4) is 0 Å². The molecule has 13 aromatic rings. The van der Waals surface area contributed by atoms with E-state index in [1.54, 1.807) is 0 Å². The highest BCUT2D eigenvalue weighted by Crippen LogP contribution is 2.38. The van der Waals surface area contributed by atoms with Gasteiger partial charge >= 0.3 is 0 Å². The summed E-state index contributed by atoms with van der Waals surface area (Å²) in [6.07, 6.45) is 0. The van der Waals surface area contributed by atoms with Crippen molar-refractivity contribution < 1.29 is 4.74 Å². The molecule has 272 valence electrons. The summed E-state index contributed by atoms with van der Waals surface area (Å²) in [6.45, 7) is 0. The molecule has 8 heteroatoms. The van der Waals surface area contributed by atoms with Gasteiger partial charge in [-0.3, -0.25) is 17.9 Å². The Morgan fingerprint density at radius 2 is 0.741 bits per heavy atom. The number of benzene rings is 8. The van der Waals surface area contributed by atoms with Gasteiger partial charge in [0.1, 0.15) is 11.5 Å². The second-order valence-electron chi connectivity index (χ2n) is 14.8. The summed E-state index contributed by atoms with van der Waals surface area (Å²) in [4.78, 5) is 10.3. The summed E-state index contributed by atoms with van der Waals surface area (Å²) in [5.41, 5.74) is 13.5. The molecule has 5 aromatic heterocycles. The van der Waals surface area contributed by atoms with Crippen molar-refractivity contribution in [2.75, 3.05) is 0 Å². The molecule has 5 heterocycles. The van der Waals surface area contributed by atoms with E-state index in [-0.39, 0.29) is 0 Å². The van der Waals surface area contributed by atoms with Crippen molar-refractivity contribution >= 4 is 77.5 Å². The van der Waals surface area contributed by atoms with E-state index >= 15 is 0 Å². The molecule has 0 aliphatic rings. The molecule has 58 heavy (non-hydrogen) atoms. The summed E-state index contributed by atoms with van der Waals surface area (Å²) < 4.78 is 18.3. The van der Waals surface area contributed by atoms with Crippen molar-refractivity contribution in [3.8, 4) is 28.6 Å². The van der Waals surface area contributed by atoms with Gasteiger partial charge in [-0.15, -0.1) is 0 Å². The number of ether oxygens (including phenoxy) is 1. The third-order valence-electron chi connectivity index (χ3n) is 11.5. The Bertz CT molecular complexity index is 3750. The average Bonchev–Trinajstić information content (AvgIpc) is 4.06. The lowest BCUT2D eigenvalue weighted by atomic mass is 10.2. The number of aromatic nitrogens is 7. The Labute approximate surface area is 330 Å². The van der Waals surface area contributed by atoms with E-state index < -0.39 is 0 Å². The summed E-state index contributed by atoms with van der Waals surface area (Å²) in [5, 5.41) is 2.40. The SMILES string of the molecule is c1cc(Oc2cc(-n3c4ccccc4c4ccccc43)cc(-n3c4ccccc4n4c5ccccc5nc34)c2)cc(-n2c3ccccc3n3c4ccccc4nc23)c1. The topological polar surface area (TPSA) is 58.6 Å². The van der Waals surface area contributed by atoms with Gasteiger partial charge in [-0.05, 0) is 78.9 Å². The highest BCUT2D eigenvalue weighted by atomic mass is 16.5. The van der Waals surface area contributed by atoms with Gasteiger partial charge in [0.05, 0.1) is 72.2 Å². The van der Waals surface area contributed by atoms with Gasteiger partial charge in [-0.1, -0.05) is 91.0 Å². The smallest absolute Gasteiger partial charge is 0.220 e. The molecule has 0 radical (unpaired) electrons. The Morgan fingerprint density at radius 3 is 1.31 bits per heavy atom. The molecule has 0 saturated carbocycles. The van der Waals surface area contributed by atoms with Crippen molar-refractivity contribution in [2.45, 2.75) is 0 Å². The van der Waals surface area contributed by atoms with Crippen LogP contribution in [0.5, 0.6) is 11.5 Å². The molecule has 0 atom stereocenters. The molecule has 0 unspecified atom stereocenters. The molecule has 0 bridgehead atoms. The number of fused-ring (bicyclic) bond motifs is 13. The van der Waals surface area contributed by atoms with Crippen molar-refractivity contribution in [2.24, 2.45) is 0 Å². The maximum Gasteiger partial charge on any atom is 0.220 e. The van der Waals surface area contributed by atoms with Crippen molar-refractivity contribution in [1.29, 1.82) is 0 Å². The van der Waals surface area contributed by atoms with Gasteiger partial charge in [0.25, 0.3) is 0 Å². The summed E-state index contributed by atoms with van der Waals surface area (Å²) in [7, 11) is 0. The van der Waals surface area contributed by atoms with Crippen LogP contribution in [0.4, 0.5) is 0 Å². The summed E-state index contributed by atoms with van der Waals surface area (Å²) in [6, 6.07) is 65.6. The van der Waals surface area contributed by atoms with E-state index in [0.717, 1.165) is 83.8 Å². The molecule has 0 N–H and O–H groups in total. The summed E-state index contributed by atoms with van der Waals surface area (Å²) >= 11 is 0. The first-order valence-corrected chi connectivity index (χ1v) is 19.4. The molecule has 13 rings (SSSR count). The highest BCUT2D eigenvalue weighted by molar-refractivity contribution is 6.09. The zero-order chi connectivity index (χ0) is 37.9. The monoisotopic (exact) mass is 745 g/mol. The fourth-order valence-electron chi connectivity index (χ4n) is 9.12. The molecule has 0 spiro atoms. The Morgan fingerprint density at radius 1 is 0.310 bits per heavy atom. The first-order chi connectivity index (χ1) is 28.8. The lowest BCUT2D eigenvalue weighted by Gasteiger charge is -2.16. The van der Waals surface area contributed by atoms with Gasteiger partial charge in [-0.25, -0.2) is 9.97 Å². The maximum absolute atomic E-state index is 6.99. The van der Waals surface area contributed by atoms with Gasteiger partial charge in [-0.2, -0.15) is 0 Å². The van der Waals surface area contributed by atoms with E-state index in [2.05, 4.69) is 192 Å². The third kappa shape index (κ3) is 4.33. The molecule has 0 aliphatic heterocycles. The van der Waals surface area contributed by atoms with E-state index in [0.29, 0.717) is 11.5 Å². The van der Waals surface area contributed by atoms with E-state index in [1.165, 1.54) is 10.8 Å². The molecule has 0 saturated heterocycles. The highest BCUT2D eigenvalue weighted by Gasteiger charge is 2.21.